The molecule has 0 bridgehead atoms. The zero-order valence-corrected chi connectivity index (χ0v) is 18.1. The molecule has 0 aromatic carbocycles. The van der Waals surface area contributed by atoms with Gasteiger partial charge in [-0.15, -0.1) is 0 Å². The van der Waals surface area contributed by atoms with E-state index in [1.807, 2.05) is 7.05 Å². The Morgan fingerprint density at radius 3 is 1.64 bits per heavy atom. The second-order valence-corrected chi connectivity index (χ2v) is 10.4. The van der Waals surface area contributed by atoms with Crippen LogP contribution in [0.1, 0.15) is 105 Å². The average Bonchev–Trinajstić information content (AvgIpc) is 3.06. The van der Waals surface area contributed by atoms with Gasteiger partial charge in [0, 0.05) is 0 Å². The van der Waals surface area contributed by atoms with Gasteiger partial charge in [0.1, 0.15) is 0 Å². The number of unbranched alkanes of at least 4 members (excludes halogenated alkanes) is 2. The standard InChI is InChI=1S/C12H25N.C11H23N/c1-12(2)8-7-11(10-12)6-4-5-9-13-3;1-11(2)7-6-10(9-11)5-3-4-8-12/h11,13H,4-10H2,1-3H3;10H,3-9,12H2,1-2H3. The van der Waals surface area contributed by atoms with Crippen LogP contribution in [0.5, 0.6) is 0 Å². The molecule has 2 atom stereocenters. The lowest BCUT2D eigenvalue weighted by Crippen LogP contribution is -2.08. The molecule has 25 heavy (non-hydrogen) atoms. The van der Waals surface area contributed by atoms with Gasteiger partial charge in [0.25, 0.3) is 0 Å². The van der Waals surface area contributed by atoms with Crippen LogP contribution in [0.25, 0.3) is 0 Å². The number of hydrogen-bond acceptors (Lipinski definition) is 2. The zero-order valence-electron chi connectivity index (χ0n) is 18.1. The topological polar surface area (TPSA) is 38.0 Å². The summed E-state index contributed by atoms with van der Waals surface area (Å²) in [5.74, 6) is 2.04. The molecule has 2 aliphatic carbocycles. The highest BCUT2D eigenvalue weighted by atomic mass is 14.8. The molecule has 3 N–H and O–H groups in total. The molecule has 0 radical (unpaired) electrons. The van der Waals surface area contributed by atoms with Crippen LogP contribution in [-0.4, -0.2) is 20.1 Å². The molecule has 0 aromatic heterocycles. The third-order valence-corrected chi connectivity index (χ3v) is 6.50. The van der Waals surface area contributed by atoms with Gasteiger partial charge in [-0.1, -0.05) is 53.4 Å². The van der Waals surface area contributed by atoms with Crippen LogP contribution in [0, 0.1) is 22.7 Å². The maximum Gasteiger partial charge on any atom is -0.00519 e. The van der Waals surface area contributed by atoms with E-state index in [0.29, 0.717) is 10.8 Å². The van der Waals surface area contributed by atoms with Crippen molar-refractivity contribution in [1.82, 2.24) is 5.32 Å². The van der Waals surface area contributed by atoms with Crippen molar-refractivity contribution in [2.45, 2.75) is 105 Å². The monoisotopic (exact) mass is 352 g/mol. The van der Waals surface area contributed by atoms with Gasteiger partial charge in [-0.3, -0.25) is 0 Å². The van der Waals surface area contributed by atoms with E-state index in [1.54, 1.807) is 0 Å². The van der Waals surface area contributed by atoms with E-state index in [4.69, 9.17) is 5.73 Å². The van der Waals surface area contributed by atoms with Crippen LogP contribution in [0.4, 0.5) is 0 Å². The van der Waals surface area contributed by atoms with E-state index < -0.39 is 0 Å². The maximum absolute atomic E-state index is 5.47. The second-order valence-electron chi connectivity index (χ2n) is 10.4. The third kappa shape index (κ3) is 10.6. The van der Waals surface area contributed by atoms with Crippen LogP contribution < -0.4 is 11.1 Å². The normalized spacial score (nSPS) is 27.1. The molecule has 2 unspecified atom stereocenters. The van der Waals surface area contributed by atoms with Crippen LogP contribution in [0.3, 0.4) is 0 Å². The summed E-state index contributed by atoms with van der Waals surface area (Å²) in [7, 11) is 2.04. The van der Waals surface area contributed by atoms with Gasteiger partial charge < -0.3 is 11.1 Å². The van der Waals surface area contributed by atoms with Crippen molar-refractivity contribution in [1.29, 1.82) is 0 Å². The van der Waals surface area contributed by atoms with Crippen LogP contribution >= 0.6 is 0 Å². The fraction of sp³-hybridized carbons (Fsp3) is 1.00. The summed E-state index contributed by atoms with van der Waals surface area (Å²) in [6.45, 7) is 11.7. The number of rotatable bonds is 9. The first-order chi connectivity index (χ1) is 11.8. The average molecular weight is 353 g/mol. The molecule has 0 heterocycles. The van der Waals surface area contributed by atoms with E-state index in [2.05, 4.69) is 33.0 Å². The van der Waals surface area contributed by atoms with Gasteiger partial charge >= 0.3 is 0 Å². The smallest absolute Gasteiger partial charge is 0.00519 e. The second kappa shape index (κ2) is 11.6. The van der Waals surface area contributed by atoms with E-state index in [1.165, 1.54) is 83.6 Å². The van der Waals surface area contributed by atoms with Gasteiger partial charge in [0.05, 0.1) is 0 Å². The number of nitrogens with two attached hydrogens (primary N) is 1. The quantitative estimate of drug-likeness (QED) is 0.489. The maximum atomic E-state index is 5.47. The van der Waals surface area contributed by atoms with Crippen molar-refractivity contribution >= 4 is 0 Å². The predicted molar refractivity (Wildman–Crippen MR) is 113 cm³/mol. The first-order valence-corrected chi connectivity index (χ1v) is 11.1. The fourth-order valence-corrected chi connectivity index (χ4v) is 4.97. The molecular weight excluding hydrogens is 304 g/mol. The predicted octanol–water partition coefficient (Wildman–Crippen LogP) is 6.14. The minimum atomic E-state index is 0.632. The summed E-state index contributed by atoms with van der Waals surface area (Å²) in [5.41, 5.74) is 6.75. The highest BCUT2D eigenvalue weighted by Crippen LogP contribution is 2.43. The molecule has 0 spiro atoms. The number of nitrogens with one attached hydrogen (secondary N) is 1. The van der Waals surface area contributed by atoms with Gasteiger partial charge in [-0.25, -0.2) is 0 Å². The van der Waals surface area contributed by atoms with Crippen LogP contribution in [0.2, 0.25) is 0 Å². The van der Waals surface area contributed by atoms with Gasteiger partial charge in [-0.2, -0.15) is 0 Å². The lowest BCUT2D eigenvalue weighted by atomic mass is 9.89. The van der Waals surface area contributed by atoms with Crippen molar-refractivity contribution < 1.29 is 0 Å². The Labute approximate surface area is 159 Å². The Bertz CT molecular complexity index is 335. The first kappa shape index (κ1) is 23.0. The van der Waals surface area contributed by atoms with E-state index >= 15 is 0 Å². The summed E-state index contributed by atoms with van der Waals surface area (Å²) >= 11 is 0. The molecule has 150 valence electrons. The highest BCUT2D eigenvalue weighted by molar-refractivity contribution is 4.82. The summed E-state index contributed by atoms with van der Waals surface area (Å²) in [6, 6.07) is 0. The summed E-state index contributed by atoms with van der Waals surface area (Å²) in [5, 5.41) is 3.21. The molecule has 0 saturated heterocycles. The van der Waals surface area contributed by atoms with Gasteiger partial charge in [-0.05, 0) is 94.2 Å². The third-order valence-electron chi connectivity index (χ3n) is 6.50. The van der Waals surface area contributed by atoms with E-state index in [0.717, 1.165) is 18.4 Å². The zero-order chi connectivity index (χ0) is 18.8. The largest absolute Gasteiger partial charge is 0.330 e. The molecule has 0 aromatic rings. The van der Waals surface area contributed by atoms with Crippen molar-refractivity contribution in [3.05, 3.63) is 0 Å². The van der Waals surface area contributed by atoms with Crippen molar-refractivity contribution in [3.8, 4) is 0 Å². The molecule has 2 saturated carbocycles. The Hall–Kier alpha value is -0.0800. The highest BCUT2D eigenvalue weighted by Gasteiger charge is 2.30. The summed E-state index contributed by atoms with van der Waals surface area (Å²) in [4.78, 5) is 0. The Morgan fingerprint density at radius 2 is 1.28 bits per heavy atom. The van der Waals surface area contributed by atoms with E-state index in [9.17, 15) is 0 Å². The lowest BCUT2D eigenvalue weighted by molar-refractivity contribution is 0.350. The molecule has 2 aliphatic rings. The Morgan fingerprint density at radius 1 is 0.800 bits per heavy atom. The Balaban J connectivity index is 0.000000251. The van der Waals surface area contributed by atoms with Gasteiger partial charge in [0.2, 0.25) is 0 Å². The first-order valence-electron chi connectivity index (χ1n) is 11.1. The minimum absolute atomic E-state index is 0.632. The Kier molecular flexibility index (Phi) is 10.6. The van der Waals surface area contributed by atoms with Crippen LogP contribution in [0.15, 0.2) is 0 Å². The minimum Gasteiger partial charge on any atom is -0.330 e. The van der Waals surface area contributed by atoms with Crippen molar-refractivity contribution in [2.24, 2.45) is 28.4 Å². The molecule has 0 aliphatic heterocycles. The SMILES string of the molecule is CC1(C)CCC(CCCCN)C1.CNCCCCC1CCC(C)(C)C1. The molecule has 0 amide bonds. The molecule has 2 rings (SSSR count). The lowest BCUT2D eigenvalue weighted by Gasteiger charge is -2.16. The molecule has 2 heteroatoms. The van der Waals surface area contributed by atoms with Crippen molar-refractivity contribution in [2.75, 3.05) is 20.1 Å². The van der Waals surface area contributed by atoms with Crippen molar-refractivity contribution in [3.63, 3.8) is 0 Å². The number of hydrogen-bond donors (Lipinski definition) is 2. The summed E-state index contributed by atoms with van der Waals surface area (Å²) < 4.78 is 0. The molecular formula is C23H48N2. The van der Waals surface area contributed by atoms with Crippen LogP contribution in [-0.2, 0) is 0 Å². The van der Waals surface area contributed by atoms with Gasteiger partial charge in [0.15, 0.2) is 0 Å². The summed E-state index contributed by atoms with van der Waals surface area (Å²) in [6.07, 6.45) is 16.9. The molecule has 2 nitrogen and oxygen atoms in total. The van der Waals surface area contributed by atoms with E-state index in [-0.39, 0.29) is 0 Å². The fourth-order valence-electron chi connectivity index (χ4n) is 4.97. The molecule has 2 fully saturated rings.